The fourth-order valence-corrected chi connectivity index (χ4v) is 3.52. The normalized spacial score (nSPS) is 13.3. The minimum absolute atomic E-state index is 0.272. The van der Waals surface area contributed by atoms with Crippen molar-refractivity contribution in [3.63, 3.8) is 0 Å². The van der Waals surface area contributed by atoms with Crippen LogP contribution < -0.4 is 9.47 Å². The molecule has 1 aromatic carbocycles. The van der Waals surface area contributed by atoms with Crippen LogP contribution in [0.5, 0.6) is 11.5 Å². The van der Waals surface area contributed by atoms with Gasteiger partial charge in [-0.25, -0.2) is 4.98 Å². The van der Waals surface area contributed by atoms with Crippen LogP contribution in [0.15, 0.2) is 24.4 Å². The van der Waals surface area contributed by atoms with E-state index < -0.39 is 0 Å². The molecule has 0 unspecified atom stereocenters. The van der Waals surface area contributed by atoms with Crippen LogP contribution in [0.3, 0.4) is 0 Å². The minimum Gasteiger partial charge on any atom is -0.454 e. The zero-order valence-electron chi connectivity index (χ0n) is 13.7. The zero-order valence-corrected chi connectivity index (χ0v) is 13.7. The van der Waals surface area contributed by atoms with Gasteiger partial charge in [-0.2, -0.15) is 9.61 Å². The molecule has 0 aliphatic carbocycles. The molecule has 0 saturated carbocycles. The molecule has 24 heavy (non-hydrogen) atoms. The molecule has 1 N–H and O–H groups in total. The highest BCUT2D eigenvalue weighted by atomic mass is 16.7. The summed E-state index contributed by atoms with van der Waals surface area (Å²) in [4.78, 5) is 8.08. The van der Waals surface area contributed by atoms with Crippen LogP contribution in [0.1, 0.15) is 17.0 Å². The first-order chi connectivity index (χ1) is 11.6. The molecule has 0 fully saturated rings. The summed E-state index contributed by atoms with van der Waals surface area (Å²) in [6, 6.07) is 6.04. The van der Waals surface area contributed by atoms with Crippen molar-refractivity contribution in [2.24, 2.45) is 0 Å². The van der Waals surface area contributed by atoms with Crippen LogP contribution in [0.25, 0.3) is 27.8 Å². The number of nitrogens with one attached hydrogen (secondary N) is 1. The lowest BCUT2D eigenvalue weighted by molar-refractivity contribution is 0.173. The summed E-state index contributed by atoms with van der Waals surface area (Å²) < 4.78 is 13.0. The van der Waals surface area contributed by atoms with Crippen molar-refractivity contribution in [3.05, 3.63) is 41.3 Å². The van der Waals surface area contributed by atoms with Crippen LogP contribution >= 0.6 is 0 Å². The smallest absolute Gasteiger partial charge is 0.231 e. The Balaban J connectivity index is 1.88. The van der Waals surface area contributed by atoms with Gasteiger partial charge in [-0.05, 0) is 44.5 Å². The van der Waals surface area contributed by atoms with Gasteiger partial charge in [-0.1, -0.05) is 0 Å². The number of hydrogen-bond acceptors (Lipinski definition) is 4. The SMILES string of the molecule is Cc1nn2c(nc(C)c3cc[nH]c32)c1-c1ccc2c(c1C)OCO2. The second-order valence-electron chi connectivity index (χ2n) is 6.10. The molecule has 0 spiro atoms. The highest BCUT2D eigenvalue weighted by molar-refractivity contribution is 5.89. The van der Waals surface area contributed by atoms with Gasteiger partial charge in [0, 0.05) is 22.7 Å². The van der Waals surface area contributed by atoms with Crippen LogP contribution in [-0.2, 0) is 0 Å². The zero-order chi connectivity index (χ0) is 16.4. The van der Waals surface area contributed by atoms with Gasteiger partial charge in [0.2, 0.25) is 6.79 Å². The summed E-state index contributed by atoms with van der Waals surface area (Å²) in [6.45, 7) is 6.35. The standard InChI is InChI=1S/C18H16N4O2/c1-9-12(4-5-14-16(9)24-8-23-14)15-11(3)21-22-17-13(6-7-19-17)10(2)20-18(15)22/h4-7,19H,8H2,1-3H3. The number of nitrogens with zero attached hydrogens (tertiary/aromatic N) is 3. The van der Waals surface area contributed by atoms with E-state index in [1.165, 1.54) is 0 Å². The largest absolute Gasteiger partial charge is 0.454 e. The topological polar surface area (TPSA) is 64.4 Å². The quantitative estimate of drug-likeness (QED) is 0.583. The number of aryl methyl sites for hydroxylation is 2. The summed E-state index contributed by atoms with van der Waals surface area (Å²) >= 11 is 0. The summed E-state index contributed by atoms with van der Waals surface area (Å²) in [5, 5.41) is 5.80. The maximum absolute atomic E-state index is 5.63. The Labute approximate surface area is 138 Å². The molecule has 6 nitrogen and oxygen atoms in total. The lowest BCUT2D eigenvalue weighted by Crippen LogP contribution is -1.96. The molecular formula is C18H16N4O2. The van der Waals surface area contributed by atoms with E-state index >= 15 is 0 Å². The highest BCUT2D eigenvalue weighted by Crippen LogP contribution is 2.42. The molecule has 0 radical (unpaired) electrons. The fourth-order valence-electron chi connectivity index (χ4n) is 3.52. The van der Waals surface area contributed by atoms with Crippen molar-refractivity contribution in [2.45, 2.75) is 20.8 Å². The van der Waals surface area contributed by atoms with Gasteiger partial charge < -0.3 is 14.5 Å². The molecule has 0 atom stereocenters. The van der Waals surface area contributed by atoms with Crippen molar-refractivity contribution in [1.82, 2.24) is 19.6 Å². The van der Waals surface area contributed by atoms with Gasteiger partial charge in [0.15, 0.2) is 17.1 Å². The van der Waals surface area contributed by atoms with Crippen LogP contribution in [0.4, 0.5) is 0 Å². The van der Waals surface area contributed by atoms with E-state index in [9.17, 15) is 0 Å². The Morgan fingerprint density at radius 3 is 2.83 bits per heavy atom. The number of aromatic amines is 1. The van der Waals surface area contributed by atoms with Crippen molar-refractivity contribution in [1.29, 1.82) is 0 Å². The molecule has 0 bridgehead atoms. The van der Waals surface area contributed by atoms with Crippen molar-refractivity contribution in [3.8, 4) is 22.6 Å². The van der Waals surface area contributed by atoms with Gasteiger partial charge in [-0.15, -0.1) is 0 Å². The van der Waals surface area contributed by atoms with Crippen LogP contribution in [0.2, 0.25) is 0 Å². The lowest BCUT2D eigenvalue weighted by Gasteiger charge is -2.09. The monoisotopic (exact) mass is 320 g/mol. The first kappa shape index (κ1) is 13.4. The maximum atomic E-state index is 5.63. The third-order valence-electron chi connectivity index (χ3n) is 4.69. The highest BCUT2D eigenvalue weighted by Gasteiger charge is 2.23. The Hall–Kier alpha value is -3.02. The van der Waals surface area contributed by atoms with Gasteiger partial charge >= 0.3 is 0 Å². The average molecular weight is 320 g/mol. The predicted molar refractivity (Wildman–Crippen MR) is 90.6 cm³/mol. The average Bonchev–Trinajstić information content (AvgIpc) is 3.26. The number of ether oxygens (including phenoxy) is 2. The Kier molecular flexibility index (Phi) is 2.52. The Morgan fingerprint density at radius 2 is 1.96 bits per heavy atom. The fraction of sp³-hybridized carbons (Fsp3) is 0.222. The predicted octanol–water partition coefficient (Wildman–Crippen LogP) is 3.53. The molecule has 4 heterocycles. The second-order valence-corrected chi connectivity index (χ2v) is 6.10. The van der Waals surface area contributed by atoms with E-state index in [1.807, 2.05) is 43.6 Å². The van der Waals surface area contributed by atoms with E-state index in [0.29, 0.717) is 0 Å². The molecule has 3 aromatic heterocycles. The van der Waals surface area contributed by atoms with Gasteiger partial charge in [0.25, 0.3) is 0 Å². The minimum atomic E-state index is 0.272. The number of H-pyrrole nitrogens is 1. The second kappa shape index (κ2) is 4.50. The summed E-state index contributed by atoms with van der Waals surface area (Å²) in [6.07, 6.45) is 1.92. The molecular weight excluding hydrogens is 304 g/mol. The number of aromatic nitrogens is 4. The van der Waals surface area contributed by atoms with E-state index in [-0.39, 0.29) is 6.79 Å². The van der Waals surface area contributed by atoms with E-state index in [2.05, 4.69) is 11.1 Å². The Morgan fingerprint density at radius 1 is 1.08 bits per heavy atom. The summed E-state index contributed by atoms with van der Waals surface area (Å²) in [5.41, 5.74) is 6.89. The van der Waals surface area contributed by atoms with Crippen LogP contribution in [0, 0.1) is 20.8 Å². The van der Waals surface area contributed by atoms with Crippen molar-refractivity contribution in [2.75, 3.05) is 6.79 Å². The third kappa shape index (κ3) is 1.60. The van der Waals surface area contributed by atoms with E-state index in [4.69, 9.17) is 19.6 Å². The molecule has 4 aromatic rings. The molecule has 1 aliphatic rings. The first-order valence-electron chi connectivity index (χ1n) is 7.87. The van der Waals surface area contributed by atoms with E-state index in [1.54, 1.807) is 0 Å². The van der Waals surface area contributed by atoms with Crippen molar-refractivity contribution >= 4 is 16.7 Å². The number of hydrogen-bond donors (Lipinski definition) is 1. The van der Waals surface area contributed by atoms with Crippen molar-refractivity contribution < 1.29 is 9.47 Å². The van der Waals surface area contributed by atoms with Gasteiger partial charge in [-0.3, -0.25) is 0 Å². The molecule has 0 saturated heterocycles. The Bertz CT molecular complexity index is 1120. The number of fused-ring (bicyclic) bond motifs is 4. The molecule has 6 heteroatoms. The third-order valence-corrected chi connectivity index (χ3v) is 4.69. The lowest BCUT2D eigenvalue weighted by atomic mass is 9.99. The number of rotatable bonds is 1. The molecule has 5 rings (SSSR count). The van der Waals surface area contributed by atoms with Gasteiger partial charge in [0.1, 0.15) is 5.65 Å². The van der Waals surface area contributed by atoms with E-state index in [0.717, 1.165) is 56.3 Å². The maximum Gasteiger partial charge on any atom is 0.231 e. The summed E-state index contributed by atoms with van der Waals surface area (Å²) in [7, 11) is 0. The van der Waals surface area contributed by atoms with Crippen LogP contribution in [-0.4, -0.2) is 26.4 Å². The molecule has 0 amide bonds. The van der Waals surface area contributed by atoms with Gasteiger partial charge in [0.05, 0.1) is 11.4 Å². The molecule has 120 valence electrons. The summed E-state index contributed by atoms with van der Waals surface area (Å²) in [5.74, 6) is 1.60. The number of benzene rings is 1. The molecule has 1 aliphatic heterocycles. The first-order valence-corrected chi connectivity index (χ1v) is 7.87.